The second-order valence-corrected chi connectivity index (χ2v) is 6.03. The van der Waals surface area contributed by atoms with E-state index in [-0.39, 0.29) is 11.6 Å². The average Bonchev–Trinajstić information content (AvgIpc) is 2.29. The lowest BCUT2D eigenvalue weighted by Crippen LogP contribution is -2.47. The van der Waals surface area contributed by atoms with Crippen LogP contribution in [0.1, 0.15) is 58.8 Å². The zero-order valence-electron chi connectivity index (χ0n) is 11.1. The molecule has 17 heavy (non-hydrogen) atoms. The standard InChI is InChI=1S/C15H24O2/c1-11(2)14(16)17-15(3)10-6-8-12-7-4-5-9-13(12)15/h12-13H,1,4-10H2,2-3H3. The molecule has 0 aromatic heterocycles. The highest BCUT2D eigenvalue weighted by molar-refractivity contribution is 5.87. The zero-order chi connectivity index (χ0) is 12.5. The summed E-state index contributed by atoms with van der Waals surface area (Å²) in [5.41, 5.74) is 0.281. The van der Waals surface area contributed by atoms with Crippen molar-refractivity contribution in [2.45, 2.75) is 64.4 Å². The van der Waals surface area contributed by atoms with Crippen molar-refractivity contribution in [2.24, 2.45) is 11.8 Å². The Labute approximate surface area is 104 Å². The summed E-state index contributed by atoms with van der Waals surface area (Å²) < 4.78 is 5.77. The zero-order valence-corrected chi connectivity index (χ0v) is 11.1. The fourth-order valence-corrected chi connectivity index (χ4v) is 3.68. The molecule has 0 aliphatic heterocycles. The van der Waals surface area contributed by atoms with Crippen molar-refractivity contribution in [3.8, 4) is 0 Å². The first-order valence-electron chi connectivity index (χ1n) is 6.92. The molecule has 0 bridgehead atoms. The molecule has 0 saturated heterocycles. The van der Waals surface area contributed by atoms with E-state index in [1.807, 2.05) is 0 Å². The van der Waals surface area contributed by atoms with Crippen molar-refractivity contribution in [3.63, 3.8) is 0 Å². The van der Waals surface area contributed by atoms with E-state index in [9.17, 15) is 4.79 Å². The number of hydrogen-bond acceptors (Lipinski definition) is 2. The van der Waals surface area contributed by atoms with Gasteiger partial charge in [0.1, 0.15) is 5.60 Å². The molecular formula is C15H24O2. The summed E-state index contributed by atoms with van der Waals surface area (Å²) in [4.78, 5) is 11.8. The van der Waals surface area contributed by atoms with E-state index in [1.165, 1.54) is 38.5 Å². The molecule has 2 fully saturated rings. The minimum Gasteiger partial charge on any atom is -0.456 e. The molecule has 0 radical (unpaired) electrons. The van der Waals surface area contributed by atoms with Gasteiger partial charge in [-0.1, -0.05) is 25.8 Å². The summed E-state index contributed by atoms with van der Waals surface area (Å²) in [5.74, 6) is 1.15. The van der Waals surface area contributed by atoms with Crippen LogP contribution >= 0.6 is 0 Å². The Morgan fingerprint density at radius 2 is 1.88 bits per heavy atom. The molecule has 3 atom stereocenters. The van der Waals surface area contributed by atoms with Crippen LogP contribution < -0.4 is 0 Å². The van der Waals surface area contributed by atoms with Crippen LogP contribution in [-0.2, 0) is 9.53 Å². The highest BCUT2D eigenvalue weighted by Gasteiger charge is 2.45. The number of carbonyl (C=O) groups is 1. The Morgan fingerprint density at radius 1 is 1.24 bits per heavy atom. The van der Waals surface area contributed by atoms with Gasteiger partial charge in [0.2, 0.25) is 0 Å². The van der Waals surface area contributed by atoms with E-state index in [2.05, 4.69) is 13.5 Å². The second-order valence-electron chi connectivity index (χ2n) is 6.03. The average molecular weight is 236 g/mol. The van der Waals surface area contributed by atoms with E-state index in [1.54, 1.807) is 6.92 Å². The maximum atomic E-state index is 11.8. The summed E-state index contributed by atoms with van der Waals surface area (Å²) in [6.45, 7) is 7.55. The predicted octanol–water partition coefficient (Wildman–Crippen LogP) is 3.85. The molecule has 3 unspecified atom stereocenters. The molecule has 2 heteroatoms. The molecule has 0 N–H and O–H groups in total. The molecule has 2 aliphatic carbocycles. The van der Waals surface area contributed by atoms with Gasteiger partial charge >= 0.3 is 5.97 Å². The molecule has 0 heterocycles. The topological polar surface area (TPSA) is 26.3 Å². The van der Waals surface area contributed by atoms with Crippen LogP contribution in [0.3, 0.4) is 0 Å². The Balaban J connectivity index is 2.10. The number of esters is 1. The summed E-state index contributed by atoms with van der Waals surface area (Å²) in [7, 11) is 0. The van der Waals surface area contributed by atoms with E-state index in [0.29, 0.717) is 11.5 Å². The van der Waals surface area contributed by atoms with Crippen molar-refractivity contribution in [2.75, 3.05) is 0 Å². The molecule has 96 valence electrons. The van der Waals surface area contributed by atoms with Crippen LogP contribution in [0.5, 0.6) is 0 Å². The third-order valence-corrected chi connectivity index (χ3v) is 4.62. The van der Waals surface area contributed by atoms with Crippen LogP contribution in [0.4, 0.5) is 0 Å². The van der Waals surface area contributed by atoms with Crippen LogP contribution in [0, 0.1) is 11.8 Å². The number of fused-ring (bicyclic) bond motifs is 1. The second kappa shape index (κ2) is 4.83. The van der Waals surface area contributed by atoms with Gasteiger partial charge in [0.25, 0.3) is 0 Å². The number of carbonyl (C=O) groups excluding carboxylic acids is 1. The Hall–Kier alpha value is -0.790. The van der Waals surface area contributed by atoms with Gasteiger partial charge in [-0.15, -0.1) is 0 Å². The Morgan fingerprint density at radius 3 is 2.59 bits per heavy atom. The SMILES string of the molecule is C=C(C)C(=O)OC1(C)CCCC2CCCCC21. The predicted molar refractivity (Wildman–Crippen MR) is 68.6 cm³/mol. The number of rotatable bonds is 2. The van der Waals surface area contributed by atoms with Crippen molar-refractivity contribution in [1.29, 1.82) is 0 Å². The number of hydrogen-bond donors (Lipinski definition) is 0. The quantitative estimate of drug-likeness (QED) is 0.537. The van der Waals surface area contributed by atoms with Crippen molar-refractivity contribution >= 4 is 5.97 Å². The fourth-order valence-electron chi connectivity index (χ4n) is 3.68. The molecule has 0 aromatic carbocycles. The van der Waals surface area contributed by atoms with Crippen molar-refractivity contribution in [3.05, 3.63) is 12.2 Å². The largest absolute Gasteiger partial charge is 0.456 e. The van der Waals surface area contributed by atoms with E-state index >= 15 is 0 Å². The van der Waals surface area contributed by atoms with Gasteiger partial charge in [-0.3, -0.25) is 0 Å². The summed E-state index contributed by atoms with van der Waals surface area (Å²) >= 11 is 0. The normalized spacial score (nSPS) is 37.1. The summed E-state index contributed by atoms with van der Waals surface area (Å²) in [5, 5.41) is 0. The van der Waals surface area contributed by atoms with Gasteiger partial charge in [0.15, 0.2) is 0 Å². The Kier molecular flexibility index (Phi) is 3.60. The van der Waals surface area contributed by atoms with E-state index in [4.69, 9.17) is 4.74 Å². The summed E-state index contributed by atoms with van der Waals surface area (Å²) in [6, 6.07) is 0. The first-order chi connectivity index (χ1) is 8.03. The van der Waals surface area contributed by atoms with Crippen LogP contribution in [0.2, 0.25) is 0 Å². The van der Waals surface area contributed by atoms with Gasteiger partial charge in [0.05, 0.1) is 0 Å². The lowest BCUT2D eigenvalue weighted by Gasteiger charge is -2.47. The molecule has 2 nitrogen and oxygen atoms in total. The molecule has 2 aliphatic rings. The number of ether oxygens (including phenoxy) is 1. The highest BCUT2D eigenvalue weighted by Crippen LogP contribution is 2.47. The lowest BCUT2D eigenvalue weighted by molar-refractivity contribution is -0.169. The van der Waals surface area contributed by atoms with Gasteiger partial charge in [-0.2, -0.15) is 0 Å². The maximum absolute atomic E-state index is 11.8. The highest BCUT2D eigenvalue weighted by atomic mass is 16.6. The molecule has 0 aromatic rings. The van der Waals surface area contributed by atoms with Crippen molar-refractivity contribution < 1.29 is 9.53 Å². The molecule has 0 amide bonds. The smallest absolute Gasteiger partial charge is 0.333 e. The van der Waals surface area contributed by atoms with E-state index in [0.717, 1.165) is 12.3 Å². The van der Waals surface area contributed by atoms with Gasteiger partial charge in [0, 0.05) is 11.5 Å². The van der Waals surface area contributed by atoms with Gasteiger partial charge in [-0.25, -0.2) is 4.79 Å². The third-order valence-electron chi connectivity index (χ3n) is 4.62. The molecule has 0 spiro atoms. The first-order valence-corrected chi connectivity index (χ1v) is 6.92. The lowest BCUT2D eigenvalue weighted by atomic mass is 9.63. The minimum absolute atomic E-state index is 0.210. The monoisotopic (exact) mass is 236 g/mol. The van der Waals surface area contributed by atoms with Crippen molar-refractivity contribution in [1.82, 2.24) is 0 Å². The van der Waals surface area contributed by atoms with E-state index < -0.39 is 0 Å². The fraction of sp³-hybridized carbons (Fsp3) is 0.800. The maximum Gasteiger partial charge on any atom is 0.333 e. The van der Waals surface area contributed by atoms with Crippen LogP contribution in [-0.4, -0.2) is 11.6 Å². The Bertz CT molecular complexity index is 319. The first kappa shape index (κ1) is 12.7. The van der Waals surface area contributed by atoms with Gasteiger partial charge in [-0.05, 0) is 45.4 Å². The molecule has 2 rings (SSSR count). The van der Waals surface area contributed by atoms with Gasteiger partial charge < -0.3 is 4.74 Å². The molecule has 2 saturated carbocycles. The third kappa shape index (κ3) is 2.56. The summed E-state index contributed by atoms with van der Waals surface area (Å²) in [6.07, 6.45) is 8.74. The molecular weight excluding hydrogens is 212 g/mol. The van der Waals surface area contributed by atoms with Crippen LogP contribution in [0.15, 0.2) is 12.2 Å². The minimum atomic E-state index is -0.237. The van der Waals surface area contributed by atoms with Crippen LogP contribution in [0.25, 0.3) is 0 Å².